The zero-order chi connectivity index (χ0) is 10.4. The Hall–Kier alpha value is -2.00. The van der Waals surface area contributed by atoms with Crippen molar-refractivity contribution in [1.82, 2.24) is 0 Å². The molecule has 0 saturated heterocycles. The van der Waals surface area contributed by atoms with Gasteiger partial charge in [-0.15, -0.1) is 0 Å². The van der Waals surface area contributed by atoms with Gasteiger partial charge in [-0.05, 0) is 17.7 Å². The molecule has 0 saturated carbocycles. The lowest BCUT2D eigenvalue weighted by Gasteiger charge is -1.96. The van der Waals surface area contributed by atoms with Crippen LogP contribution in [0.5, 0.6) is 5.75 Å². The average Bonchev–Trinajstić information content (AvgIpc) is 2.15. The van der Waals surface area contributed by atoms with Gasteiger partial charge in [0.25, 0.3) is 0 Å². The summed E-state index contributed by atoms with van der Waals surface area (Å²) in [6.07, 6.45) is 3.03. The Morgan fingerprint density at radius 3 is 3.00 bits per heavy atom. The first-order chi connectivity index (χ1) is 6.74. The third-order valence-corrected chi connectivity index (χ3v) is 1.53. The number of aromatic hydroxyl groups is 1. The fraction of sp³-hybridized carbons (Fsp3) is 0.111. The molecule has 1 aromatic carbocycles. The number of halogens is 1. The van der Waals surface area contributed by atoms with E-state index in [0.717, 1.165) is 6.07 Å². The lowest BCUT2D eigenvalue weighted by atomic mass is 10.2. The molecule has 0 fully saturated rings. The van der Waals surface area contributed by atoms with Gasteiger partial charge < -0.3 is 5.11 Å². The van der Waals surface area contributed by atoms with Gasteiger partial charge in [0.2, 0.25) is 0 Å². The molecule has 0 spiro atoms. The van der Waals surface area contributed by atoms with Crippen molar-refractivity contribution in [3.05, 3.63) is 46.1 Å². The van der Waals surface area contributed by atoms with Crippen molar-refractivity contribution in [3.63, 3.8) is 0 Å². The molecule has 1 aromatic rings. The molecule has 0 unspecified atom stereocenters. The third kappa shape index (κ3) is 2.80. The average molecular weight is 193 g/mol. The topological polar surface area (TPSA) is 69.0 Å². The summed E-state index contributed by atoms with van der Waals surface area (Å²) < 4.78 is 13.0. The molecule has 1 N–H and O–H groups in total. The SMILES string of the molecule is [N-]=[N+]=NCC=Cc1ccc(O)cc1F. The van der Waals surface area contributed by atoms with Crippen molar-refractivity contribution in [2.24, 2.45) is 5.11 Å². The predicted octanol–water partition coefficient (Wildman–Crippen LogP) is 2.85. The van der Waals surface area contributed by atoms with Crippen LogP contribution in [-0.2, 0) is 0 Å². The van der Waals surface area contributed by atoms with Crippen LogP contribution in [0.4, 0.5) is 4.39 Å². The Bertz CT molecular complexity index is 397. The summed E-state index contributed by atoms with van der Waals surface area (Å²) in [5.74, 6) is -0.628. The number of phenols is 1. The second-order valence-corrected chi connectivity index (χ2v) is 2.52. The van der Waals surface area contributed by atoms with Crippen LogP contribution in [0.1, 0.15) is 5.56 Å². The Kier molecular flexibility index (Phi) is 3.52. The highest BCUT2D eigenvalue weighted by Gasteiger charge is 1.98. The second kappa shape index (κ2) is 4.89. The first-order valence-corrected chi connectivity index (χ1v) is 3.90. The van der Waals surface area contributed by atoms with Gasteiger partial charge in [0, 0.05) is 23.1 Å². The van der Waals surface area contributed by atoms with Gasteiger partial charge in [-0.25, -0.2) is 4.39 Å². The molecule has 1 rings (SSSR count). The minimum atomic E-state index is -0.512. The molecule has 0 aliphatic heterocycles. The van der Waals surface area contributed by atoms with E-state index in [0.29, 0.717) is 5.56 Å². The van der Waals surface area contributed by atoms with Crippen molar-refractivity contribution < 1.29 is 9.50 Å². The molecule has 0 radical (unpaired) electrons. The zero-order valence-electron chi connectivity index (χ0n) is 7.26. The summed E-state index contributed by atoms with van der Waals surface area (Å²) in [4.78, 5) is 2.54. The number of benzene rings is 1. The van der Waals surface area contributed by atoms with Gasteiger partial charge in [-0.2, -0.15) is 0 Å². The first kappa shape index (κ1) is 10.1. The van der Waals surface area contributed by atoms with Crippen LogP contribution in [0.15, 0.2) is 29.4 Å². The van der Waals surface area contributed by atoms with Crippen molar-refractivity contribution >= 4 is 6.08 Å². The van der Waals surface area contributed by atoms with Crippen LogP contribution >= 0.6 is 0 Å². The van der Waals surface area contributed by atoms with Gasteiger partial charge in [-0.3, -0.25) is 0 Å². The van der Waals surface area contributed by atoms with Crippen LogP contribution in [0, 0.1) is 5.82 Å². The largest absolute Gasteiger partial charge is 0.508 e. The highest BCUT2D eigenvalue weighted by molar-refractivity contribution is 5.51. The van der Waals surface area contributed by atoms with Crippen LogP contribution < -0.4 is 0 Å². The van der Waals surface area contributed by atoms with Gasteiger partial charge in [0.05, 0.1) is 0 Å². The van der Waals surface area contributed by atoms with E-state index in [1.165, 1.54) is 24.3 Å². The van der Waals surface area contributed by atoms with Crippen molar-refractivity contribution in [2.75, 3.05) is 6.54 Å². The third-order valence-electron chi connectivity index (χ3n) is 1.53. The van der Waals surface area contributed by atoms with Crippen LogP contribution in [0.3, 0.4) is 0 Å². The predicted molar refractivity (Wildman–Crippen MR) is 51.1 cm³/mol. The Labute approximate surface area is 79.9 Å². The zero-order valence-corrected chi connectivity index (χ0v) is 7.26. The molecule has 14 heavy (non-hydrogen) atoms. The van der Waals surface area contributed by atoms with E-state index in [9.17, 15) is 4.39 Å². The fourth-order valence-electron chi connectivity index (χ4n) is 0.915. The monoisotopic (exact) mass is 193 g/mol. The molecular formula is C9H8FN3O. The van der Waals surface area contributed by atoms with E-state index in [1.807, 2.05) is 0 Å². The standard InChI is InChI=1S/C9H8FN3O/c10-9-6-8(14)4-3-7(9)2-1-5-12-13-11/h1-4,6,14H,5H2. The number of hydrogen-bond donors (Lipinski definition) is 1. The fourth-order valence-corrected chi connectivity index (χ4v) is 0.915. The Morgan fingerprint density at radius 1 is 1.57 bits per heavy atom. The van der Waals surface area contributed by atoms with Gasteiger partial charge in [0.1, 0.15) is 11.6 Å². The van der Waals surface area contributed by atoms with Gasteiger partial charge in [0.15, 0.2) is 0 Å². The molecule has 4 nitrogen and oxygen atoms in total. The van der Waals surface area contributed by atoms with E-state index in [1.54, 1.807) is 0 Å². The van der Waals surface area contributed by atoms with Crippen LogP contribution in [0.2, 0.25) is 0 Å². The van der Waals surface area contributed by atoms with Crippen LogP contribution in [0.25, 0.3) is 16.5 Å². The summed E-state index contributed by atoms with van der Waals surface area (Å²) in [5, 5.41) is 12.2. The molecular weight excluding hydrogens is 185 g/mol. The summed E-state index contributed by atoms with van der Waals surface area (Å²) in [6.45, 7) is 0.177. The normalized spacial score (nSPS) is 10.1. The van der Waals surface area contributed by atoms with Crippen molar-refractivity contribution in [1.29, 1.82) is 0 Å². The quantitative estimate of drug-likeness (QED) is 0.447. The minimum Gasteiger partial charge on any atom is -0.508 e. The smallest absolute Gasteiger partial charge is 0.134 e. The molecule has 0 aliphatic carbocycles. The van der Waals surface area contributed by atoms with E-state index in [4.69, 9.17) is 10.6 Å². The molecule has 0 amide bonds. The summed E-state index contributed by atoms with van der Waals surface area (Å²) in [6, 6.07) is 3.85. The number of rotatable bonds is 3. The lowest BCUT2D eigenvalue weighted by molar-refractivity contribution is 0.469. The molecule has 0 aliphatic rings. The minimum absolute atomic E-state index is 0.116. The molecule has 0 heterocycles. The molecule has 0 aromatic heterocycles. The second-order valence-electron chi connectivity index (χ2n) is 2.52. The van der Waals surface area contributed by atoms with Gasteiger partial charge in [-0.1, -0.05) is 17.3 Å². The van der Waals surface area contributed by atoms with E-state index >= 15 is 0 Å². The molecule has 5 heteroatoms. The first-order valence-electron chi connectivity index (χ1n) is 3.90. The van der Waals surface area contributed by atoms with Gasteiger partial charge >= 0.3 is 0 Å². The van der Waals surface area contributed by atoms with Crippen molar-refractivity contribution in [2.45, 2.75) is 0 Å². The van der Waals surface area contributed by atoms with Crippen LogP contribution in [-0.4, -0.2) is 11.7 Å². The molecule has 0 atom stereocenters. The maximum atomic E-state index is 13.0. The lowest BCUT2D eigenvalue weighted by Crippen LogP contribution is -1.81. The Balaban J connectivity index is 2.76. The number of azide groups is 1. The highest BCUT2D eigenvalue weighted by Crippen LogP contribution is 2.15. The maximum absolute atomic E-state index is 13.0. The summed E-state index contributed by atoms with van der Waals surface area (Å²) in [7, 11) is 0. The summed E-state index contributed by atoms with van der Waals surface area (Å²) in [5.41, 5.74) is 8.32. The maximum Gasteiger partial charge on any atom is 0.134 e. The van der Waals surface area contributed by atoms with E-state index < -0.39 is 5.82 Å². The molecule has 0 bridgehead atoms. The number of hydrogen-bond acceptors (Lipinski definition) is 2. The number of phenolic OH excluding ortho intramolecular Hbond substituents is 1. The Morgan fingerprint density at radius 2 is 2.36 bits per heavy atom. The highest BCUT2D eigenvalue weighted by atomic mass is 19.1. The number of nitrogens with zero attached hydrogens (tertiary/aromatic N) is 3. The molecule has 72 valence electrons. The summed E-state index contributed by atoms with van der Waals surface area (Å²) >= 11 is 0. The van der Waals surface area contributed by atoms with E-state index in [2.05, 4.69) is 10.0 Å². The van der Waals surface area contributed by atoms with Crippen molar-refractivity contribution in [3.8, 4) is 5.75 Å². The van der Waals surface area contributed by atoms with E-state index in [-0.39, 0.29) is 12.3 Å².